The molecular weight excluding hydrogens is 314 g/mol. The number of rotatable bonds is 7. The second-order valence-electron chi connectivity index (χ2n) is 6.09. The first-order chi connectivity index (χ1) is 12.0. The number of nitrogens with one attached hydrogen (secondary N) is 2. The molecule has 0 spiro atoms. The zero-order valence-electron chi connectivity index (χ0n) is 15.0. The van der Waals surface area contributed by atoms with Gasteiger partial charge in [-0.15, -0.1) is 0 Å². The van der Waals surface area contributed by atoms with E-state index < -0.39 is 0 Å². The smallest absolute Gasteiger partial charge is 0.255 e. The summed E-state index contributed by atoms with van der Waals surface area (Å²) in [6, 6.07) is 14.3. The molecule has 132 valence electrons. The molecule has 0 bridgehead atoms. The summed E-state index contributed by atoms with van der Waals surface area (Å²) in [4.78, 5) is 26.5. The second kappa shape index (κ2) is 8.87. The van der Waals surface area contributed by atoms with Crippen molar-refractivity contribution >= 4 is 23.2 Å². The molecule has 0 saturated carbocycles. The summed E-state index contributed by atoms with van der Waals surface area (Å²) < 4.78 is 0. The van der Waals surface area contributed by atoms with Gasteiger partial charge in [0.1, 0.15) is 0 Å². The summed E-state index contributed by atoms with van der Waals surface area (Å²) in [5, 5.41) is 5.71. The normalized spacial score (nSPS) is 10.2. The van der Waals surface area contributed by atoms with Crippen LogP contribution in [0.3, 0.4) is 0 Å². The molecule has 0 saturated heterocycles. The van der Waals surface area contributed by atoms with Crippen LogP contribution < -0.4 is 15.5 Å². The fourth-order valence-corrected chi connectivity index (χ4v) is 2.33. The molecule has 0 aliphatic heterocycles. The number of hydrogen-bond acceptors (Lipinski definition) is 3. The monoisotopic (exact) mass is 339 g/mol. The SMILES string of the molecule is CCCCNC(=O)c1cccc(C(=O)Nc2ccc(N(C)C)cc2)c1. The maximum Gasteiger partial charge on any atom is 0.255 e. The number of benzene rings is 2. The number of carbonyl (C=O) groups excluding carboxylic acids is 2. The molecule has 5 nitrogen and oxygen atoms in total. The highest BCUT2D eigenvalue weighted by Crippen LogP contribution is 2.16. The number of unbranched alkanes of at least 4 members (excludes halogenated alkanes) is 1. The summed E-state index contributed by atoms with van der Waals surface area (Å²) in [5.41, 5.74) is 2.73. The molecule has 2 amide bonds. The Bertz CT molecular complexity index is 724. The molecule has 0 heterocycles. The number of nitrogens with zero attached hydrogens (tertiary/aromatic N) is 1. The van der Waals surface area contributed by atoms with Crippen LogP contribution in [0.25, 0.3) is 0 Å². The molecule has 2 aromatic rings. The first-order valence-corrected chi connectivity index (χ1v) is 8.48. The molecule has 2 N–H and O–H groups in total. The molecule has 0 aromatic heterocycles. The Morgan fingerprint density at radius 2 is 1.60 bits per heavy atom. The van der Waals surface area contributed by atoms with Crippen molar-refractivity contribution in [1.29, 1.82) is 0 Å². The van der Waals surface area contributed by atoms with Crippen LogP contribution in [0.4, 0.5) is 11.4 Å². The van der Waals surface area contributed by atoms with Crippen molar-refractivity contribution in [1.82, 2.24) is 5.32 Å². The van der Waals surface area contributed by atoms with Crippen molar-refractivity contribution in [2.75, 3.05) is 30.9 Å². The van der Waals surface area contributed by atoms with Crippen molar-refractivity contribution in [3.63, 3.8) is 0 Å². The summed E-state index contributed by atoms with van der Waals surface area (Å²) in [7, 11) is 3.93. The standard InChI is InChI=1S/C20H25N3O2/c1-4-5-13-21-19(24)15-7-6-8-16(14-15)20(25)22-17-9-11-18(12-10-17)23(2)3/h6-12,14H,4-5,13H2,1-3H3,(H,21,24)(H,22,25). The summed E-state index contributed by atoms with van der Waals surface area (Å²) in [5.74, 6) is -0.390. The van der Waals surface area contributed by atoms with Gasteiger partial charge in [-0.1, -0.05) is 19.4 Å². The molecule has 2 rings (SSSR count). The van der Waals surface area contributed by atoms with Gasteiger partial charge in [0.25, 0.3) is 11.8 Å². The second-order valence-corrected chi connectivity index (χ2v) is 6.09. The van der Waals surface area contributed by atoms with E-state index in [0.29, 0.717) is 23.4 Å². The lowest BCUT2D eigenvalue weighted by molar-refractivity contribution is 0.0953. The third-order valence-electron chi connectivity index (χ3n) is 3.84. The highest BCUT2D eigenvalue weighted by Gasteiger charge is 2.10. The Morgan fingerprint density at radius 1 is 0.960 bits per heavy atom. The van der Waals surface area contributed by atoms with Gasteiger partial charge < -0.3 is 15.5 Å². The summed E-state index contributed by atoms with van der Waals surface area (Å²) in [6.07, 6.45) is 1.96. The van der Waals surface area contributed by atoms with E-state index in [1.54, 1.807) is 24.3 Å². The molecule has 5 heteroatoms. The third-order valence-corrected chi connectivity index (χ3v) is 3.84. The van der Waals surface area contributed by atoms with Gasteiger partial charge in [0, 0.05) is 43.1 Å². The Balaban J connectivity index is 2.04. The predicted octanol–water partition coefficient (Wildman–Crippen LogP) is 3.53. The van der Waals surface area contributed by atoms with E-state index in [1.165, 1.54) is 0 Å². The van der Waals surface area contributed by atoms with Gasteiger partial charge in [-0.05, 0) is 48.9 Å². The zero-order chi connectivity index (χ0) is 18.2. The molecule has 0 unspecified atom stereocenters. The van der Waals surface area contributed by atoms with Crippen LogP contribution in [0.1, 0.15) is 40.5 Å². The predicted molar refractivity (Wildman–Crippen MR) is 102 cm³/mol. The van der Waals surface area contributed by atoms with E-state index in [4.69, 9.17) is 0 Å². The molecule has 0 fully saturated rings. The van der Waals surface area contributed by atoms with Gasteiger partial charge in [0.15, 0.2) is 0 Å². The maximum atomic E-state index is 12.4. The fraction of sp³-hybridized carbons (Fsp3) is 0.300. The largest absolute Gasteiger partial charge is 0.378 e. The van der Waals surface area contributed by atoms with Gasteiger partial charge in [-0.3, -0.25) is 9.59 Å². The molecular formula is C20H25N3O2. The molecule has 2 aromatic carbocycles. The maximum absolute atomic E-state index is 12.4. The van der Waals surface area contributed by atoms with Crippen molar-refractivity contribution < 1.29 is 9.59 Å². The Morgan fingerprint density at radius 3 is 2.20 bits per heavy atom. The number of hydrogen-bond donors (Lipinski definition) is 2. The highest BCUT2D eigenvalue weighted by molar-refractivity contribution is 6.06. The van der Waals surface area contributed by atoms with E-state index >= 15 is 0 Å². The lowest BCUT2D eigenvalue weighted by Crippen LogP contribution is -2.24. The van der Waals surface area contributed by atoms with Crippen LogP contribution in [-0.2, 0) is 0 Å². The average Bonchev–Trinajstić information content (AvgIpc) is 2.62. The number of amides is 2. The van der Waals surface area contributed by atoms with Crippen LogP contribution in [0.2, 0.25) is 0 Å². The molecule has 0 atom stereocenters. The number of anilines is 2. The molecule has 0 aliphatic rings. The first-order valence-electron chi connectivity index (χ1n) is 8.48. The lowest BCUT2D eigenvalue weighted by Gasteiger charge is -2.13. The Hall–Kier alpha value is -2.82. The average molecular weight is 339 g/mol. The van der Waals surface area contributed by atoms with Gasteiger partial charge in [0.2, 0.25) is 0 Å². The third kappa shape index (κ3) is 5.35. The summed E-state index contributed by atoms with van der Waals surface area (Å²) in [6.45, 7) is 2.71. The van der Waals surface area contributed by atoms with E-state index in [9.17, 15) is 9.59 Å². The van der Waals surface area contributed by atoms with Crippen molar-refractivity contribution in [2.24, 2.45) is 0 Å². The van der Waals surface area contributed by atoms with Gasteiger partial charge in [-0.2, -0.15) is 0 Å². The van der Waals surface area contributed by atoms with Gasteiger partial charge >= 0.3 is 0 Å². The van der Waals surface area contributed by atoms with Gasteiger partial charge in [-0.25, -0.2) is 0 Å². The molecule has 0 radical (unpaired) electrons. The first kappa shape index (κ1) is 18.5. The van der Waals surface area contributed by atoms with Crippen LogP contribution in [-0.4, -0.2) is 32.5 Å². The Labute approximate surface area is 149 Å². The van der Waals surface area contributed by atoms with Crippen molar-refractivity contribution in [3.8, 4) is 0 Å². The molecule has 25 heavy (non-hydrogen) atoms. The van der Waals surface area contributed by atoms with Crippen molar-refractivity contribution in [2.45, 2.75) is 19.8 Å². The van der Waals surface area contributed by atoms with Crippen molar-refractivity contribution in [3.05, 3.63) is 59.7 Å². The minimum absolute atomic E-state index is 0.154. The quantitative estimate of drug-likeness (QED) is 0.759. The number of carbonyl (C=O) groups is 2. The lowest BCUT2D eigenvalue weighted by atomic mass is 10.1. The minimum Gasteiger partial charge on any atom is -0.378 e. The molecule has 0 aliphatic carbocycles. The van der Waals surface area contributed by atoms with E-state index in [1.807, 2.05) is 43.3 Å². The summed E-state index contributed by atoms with van der Waals surface area (Å²) >= 11 is 0. The van der Waals surface area contributed by atoms with E-state index in [2.05, 4.69) is 17.6 Å². The van der Waals surface area contributed by atoms with Gasteiger partial charge in [0.05, 0.1) is 0 Å². The van der Waals surface area contributed by atoms with Crippen LogP contribution in [0, 0.1) is 0 Å². The highest BCUT2D eigenvalue weighted by atomic mass is 16.2. The van der Waals surface area contributed by atoms with Crippen LogP contribution in [0.5, 0.6) is 0 Å². The minimum atomic E-state index is -0.235. The topological polar surface area (TPSA) is 61.4 Å². The zero-order valence-corrected chi connectivity index (χ0v) is 15.0. The Kier molecular flexibility index (Phi) is 6.57. The van der Waals surface area contributed by atoms with E-state index in [0.717, 1.165) is 18.5 Å². The van der Waals surface area contributed by atoms with Crippen LogP contribution in [0.15, 0.2) is 48.5 Å². The fourth-order valence-electron chi connectivity index (χ4n) is 2.33. The van der Waals surface area contributed by atoms with E-state index in [-0.39, 0.29) is 11.8 Å². The van der Waals surface area contributed by atoms with Crippen LogP contribution >= 0.6 is 0 Å².